The molecule has 230 valence electrons. The quantitative estimate of drug-likeness (QED) is 0.368. The Balaban J connectivity index is 1.53. The Morgan fingerprint density at radius 2 is 1.63 bits per heavy atom. The molecule has 2 aromatic rings. The fraction of sp³-hybridized carbons (Fsp3) is 0.467. The molecular weight excluding hydrogens is 558 g/mol. The minimum absolute atomic E-state index is 0.00524. The maximum Gasteiger partial charge on any atom is 0.323 e. The van der Waals surface area contributed by atoms with Gasteiger partial charge in [0, 0.05) is 63.8 Å². The van der Waals surface area contributed by atoms with Crippen LogP contribution < -0.4 is 9.64 Å². The third-order valence-corrected chi connectivity index (χ3v) is 7.85. The third kappa shape index (κ3) is 7.99. The molecule has 43 heavy (non-hydrogen) atoms. The Kier molecular flexibility index (Phi) is 10.5. The number of amides is 3. The summed E-state index contributed by atoms with van der Waals surface area (Å²) >= 11 is 0. The van der Waals surface area contributed by atoms with Crippen molar-refractivity contribution < 1.29 is 38.6 Å². The van der Waals surface area contributed by atoms with Gasteiger partial charge in [0.05, 0.1) is 26.6 Å². The fourth-order valence-electron chi connectivity index (χ4n) is 5.50. The number of carboxylic acid groups (broad SMARTS) is 1. The lowest BCUT2D eigenvalue weighted by atomic mass is 9.92. The number of hydrogen-bond acceptors (Lipinski definition) is 9. The first-order valence-corrected chi connectivity index (χ1v) is 14.1. The van der Waals surface area contributed by atoms with E-state index in [1.165, 1.54) is 12.0 Å². The molecule has 2 aliphatic heterocycles. The number of methoxy groups -OCH3 is 2. The van der Waals surface area contributed by atoms with Crippen molar-refractivity contribution in [2.75, 3.05) is 64.9 Å². The number of ether oxygens (including phenoxy) is 2. The summed E-state index contributed by atoms with van der Waals surface area (Å²) in [5, 5.41) is 9.24. The molecule has 0 aliphatic carbocycles. The topological polar surface area (TPSA) is 150 Å². The summed E-state index contributed by atoms with van der Waals surface area (Å²) in [7, 11) is 2.73. The monoisotopic (exact) mass is 595 g/mol. The molecule has 3 heterocycles. The fourth-order valence-corrected chi connectivity index (χ4v) is 5.50. The number of piperazine rings is 2. The smallest absolute Gasteiger partial charge is 0.323 e. The Bertz CT molecular complexity index is 1300. The van der Waals surface area contributed by atoms with Gasteiger partial charge in [-0.25, -0.2) is 0 Å². The van der Waals surface area contributed by atoms with E-state index in [0.717, 1.165) is 16.2 Å². The molecule has 0 saturated carbocycles. The lowest BCUT2D eigenvalue weighted by Gasteiger charge is -2.41. The number of rotatable bonds is 11. The van der Waals surface area contributed by atoms with E-state index in [1.54, 1.807) is 36.5 Å². The van der Waals surface area contributed by atoms with Gasteiger partial charge < -0.3 is 34.2 Å². The van der Waals surface area contributed by atoms with E-state index in [4.69, 9.17) is 9.47 Å². The standard InChI is InChI=1S/C30H37N5O8/c1-42-24-5-3-21(4-6-24)17-22(18-26(36)33-13-11-32(12-14-33)23-7-9-31-10-8-23)29(40)35-16-15-34(20-27(37)38)30(41)25(35)19-28(39)43-2/h3-10,22,25H,11-20H2,1-2H3,(H,37,38)/t22?,25-/m0/s1. The predicted octanol–water partition coefficient (Wildman–Crippen LogP) is 0.675. The van der Waals surface area contributed by atoms with Gasteiger partial charge in [-0.15, -0.1) is 0 Å². The van der Waals surface area contributed by atoms with E-state index >= 15 is 0 Å². The van der Waals surface area contributed by atoms with Crippen molar-refractivity contribution in [3.05, 3.63) is 54.4 Å². The Morgan fingerprint density at radius 3 is 2.23 bits per heavy atom. The summed E-state index contributed by atoms with van der Waals surface area (Å²) in [4.78, 5) is 74.9. The van der Waals surface area contributed by atoms with Crippen LogP contribution in [0.4, 0.5) is 5.69 Å². The summed E-state index contributed by atoms with van der Waals surface area (Å²) in [6, 6.07) is 9.78. The number of benzene rings is 1. The molecule has 0 spiro atoms. The maximum absolute atomic E-state index is 14.1. The van der Waals surface area contributed by atoms with Gasteiger partial charge in [-0.3, -0.25) is 29.0 Å². The lowest BCUT2D eigenvalue weighted by Crippen LogP contribution is -2.61. The highest BCUT2D eigenvalue weighted by atomic mass is 16.5. The van der Waals surface area contributed by atoms with Crippen LogP contribution in [0.2, 0.25) is 0 Å². The van der Waals surface area contributed by atoms with Crippen LogP contribution in [0.25, 0.3) is 0 Å². The van der Waals surface area contributed by atoms with Crippen LogP contribution in [0.15, 0.2) is 48.8 Å². The van der Waals surface area contributed by atoms with Crippen LogP contribution in [0.5, 0.6) is 5.75 Å². The van der Waals surface area contributed by atoms with Gasteiger partial charge in [-0.05, 0) is 36.2 Å². The number of carboxylic acids is 1. The number of carbonyl (C=O) groups is 5. The van der Waals surface area contributed by atoms with Gasteiger partial charge in [0.2, 0.25) is 17.7 Å². The van der Waals surface area contributed by atoms with Crippen LogP contribution in [0.3, 0.4) is 0 Å². The number of anilines is 1. The van der Waals surface area contributed by atoms with Crippen LogP contribution in [-0.2, 0) is 35.1 Å². The summed E-state index contributed by atoms with van der Waals surface area (Å²) in [6.07, 6.45) is 3.16. The van der Waals surface area contributed by atoms with E-state index in [0.29, 0.717) is 31.9 Å². The molecule has 13 heteroatoms. The number of aromatic nitrogens is 1. The zero-order chi connectivity index (χ0) is 30.9. The minimum Gasteiger partial charge on any atom is -0.497 e. The predicted molar refractivity (Wildman–Crippen MR) is 154 cm³/mol. The van der Waals surface area contributed by atoms with E-state index in [9.17, 15) is 29.1 Å². The second kappa shape index (κ2) is 14.5. The van der Waals surface area contributed by atoms with Crippen LogP contribution in [-0.4, -0.2) is 121 Å². The van der Waals surface area contributed by atoms with Gasteiger partial charge in [-0.1, -0.05) is 12.1 Å². The molecule has 2 saturated heterocycles. The van der Waals surface area contributed by atoms with Crippen LogP contribution >= 0.6 is 0 Å². The maximum atomic E-state index is 14.1. The number of carbonyl (C=O) groups excluding carboxylic acids is 4. The van der Waals surface area contributed by atoms with Crippen molar-refractivity contribution in [1.29, 1.82) is 0 Å². The average Bonchev–Trinajstić information content (AvgIpc) is 3.03. The van der Waals surface area contributed by atoms with Gasteiger partial charge in [0.1, 0.15) is 18.3 Å². The van der Waals surface area contributed by atoms with Crippen molar-refractivity contribution in [3.8, 4) is 5.75 Å². The largest absolute Gasteiger partial charge is 0.497 e. The Hall–Kier alpha value is -4.68. The average molecular weight is 596 g/mol. The van der Waals surface area contributed by atoms with Crippen LogP contribution in [0.1, 0.15) is 18.4 Å². The molecule has 4 rings (SSSR count). The second-order valence-electron chi connectivity index (χ2n) is 10.5. The zero-order valence-electron chi connectivity index (χ0n) is 24.4. The first-order chi connectivity index (χ1) is 20.7. The molecule has 3 amide bonds. The normalized spacial score (nSPS) is 17.8. The molecule has 2 fully saturated rings. The highest BCUT2D eigenvalue weighted by Crippen LogP contribution is 2.25. The second-order valence-corrected chi connectivity index (χ2v) is 10.5. The van der Waals surface area contributed by atoms with Crippen LogP contribution in [0, 0.1) is 5.92 Å². The highest BCUT2D eigenvalue weighted by Gasteiger charge is 2.42. The SMILES string of the molecule is COC(=O)C[C@H]1C(=O)N(CC(=O)O)CCN1C(=O)C(CC(=O)N1CCN(c2ccncc2)CC1)Cc1ccc(OC)cc1. The first-order valence-electron chi connectivity index (χ1n) is 14.1. The summed E-state index contributed by atoms with van der Waals surface area (Å²) in [5.74, 6) is -3.35. The number of nitrogens with zero attached hydrogens (tertiary/aromatic N) is 5. The van der Waals surface area contributed by atoms with E-state index in [-0.39, 0.29) is 31.8 Å². The first kappa shape index (κ1) is 31.3. The van der Waals surface area contributed by atoms with E-state index in [2.05, 4.69) is 9.88 Å². The molecule has 2 aliphatic rings. The number of esters is 1. The van der Waals surface area contributed by atoms with Crippen molar-refractivity contribution in [1.82, 2.24) is 19.7 Å². The van der Waals surface area contributed by atoms with E-state index in [1.807, 2.05) is 24.3 Å². The molecule has 0 bridgehead atoms. The van der Waals surface area contributed by atoms with Gasteiger partial charge in [0.15, 0.2) is 0 Å². The Labute approximate surface area is 249 Å². The molecule has 13 nitrogen and oxygen atoms in total. The minimum atomic E-state index is -1.23. The van der Waals surface area contributed by atoms with E-state index < -0.39 is 48.7 Å². The molecule has 0 radical (unpaired) electrons. The van der Waals surface area contributed by atoms with Crippen molar-refractivity contribution in [2.45, 2.75) is 25.3 Å². The van der Waals surface area contributed by atoms with Crippen molar-refractivity contribution in [3.63, 3.8) is 0 Å². The van der Waals surface area contributed by atoms with Gasteiger partial charge in [0.25, 0.3) is 0 Å². The highest BCUT2D eigenvalue weighted by molar-refractivity contribution is 5.95. The number of pyridine rings is 1. The molecule has 2 atom stereocenters. The Morgan fingerprint density at radius 1 is 0.953 bits per heavy atom. The molecule has 1 N–H and O–H groups in total. The molecule has 1 unspecified atom stereocenters. The zero-order valence-corrected chi connectivity index (χ0v) is 24.4. The molecular formula is C30H37N5O8. The molecule has 1 aromatic heterocycles. The van der Waals surface area contributed by atoms with Crippen molar-refractivity contribution in [2.24, 2.45) is 5.92 Å². The molecule has 1 aromatic carbocycles. The van der Waals surface area contributed by atoms with Crippen molar-refractivity contribution >= 4 is 35.3 Å². The van der Waals surface area contributed by atoms with Gasteiger partial charge in [-0.2, -0.15) is 0 Å². The van der Waals surface area contributed by atoms with Gasteiger partial charge >= 0.3 is 11.9 Å². The summed E-state index contributed by atoms with van der Waals surface area (Å²) in [5.41, 5.74) is 1.83. The number of hydrogen-bond donors (Lipinski definition) is 1. The lowest BCUT2D eigenvalue weighted by molar-refractivity contribution is -0.160. The summed E-state index contributed by atoms with van der Waals surface area (Å²) < 4.78 is 10.0. The third-order valence-electron chi connectivity index (χ3n) is 7.85. The summed E-state index contributed by atoms with van der Waals surface area (Å²) in [6.45, 7) is 1.72. The number of aliphatic carboxylic acids is 1.